The first-order chi connectivity index (χ1) is 7.26. The number of ether oxygens (including phenoxy) is 2. The summed E-state index contributed by atoms with van der Waals surface area (Å²) in [6, 6.07) is 7.99. The molecule has 1 aromatic carbocycles. The fourth-order valence-corrected chi connectivity index (χ4v) is 1.40. The molecule has 0 aliphatic carbocycles. The molecule has 0 saturated carbocycles. The van der Waals surface area contributed by atoms with Crippen LogP contribution < -0.4 is 4.74 Å². The van der Waals surface area contributed by atoms with Crippen molar-refractivity contribution in [2.75, 3.05) is 18.1 Å². The molecule has 1 atom stereocenters. The van der Waals surface area contributed by atoms with Gasteiger partial charge < -0.3 is 9.47 Å². The molecular weight excluding hydrogens is 303 g/mol. The van der Waals surface area contributed by atoms with Gasteiger partial charge in [-0.2, -0.15) is 0 Å². The smallest absolute Gasteiger partial charge is 0.118 e. The van der Waals surface area contributed by atoms with Gasteiger partial charge in [0.15, 0.2) is 0 Å². The predicted octanol–water partition coefficient (Wildman–Crippen LogP) is 3.28. The van der Waals surface area contributed by atoms with Gasteiger partial charge >= 0.3 is 0 Å². The van der Waals surface area contributed by atoms with Crippen LogP contribution in [-0.4, -0.2) is 18.1 Å². The molecular formula is C12H17IO2. The Kier molecular flexibility index (Phi) is 6.02. The second-order valence-corrected chi connectivity index (χ2v) is 4.50. The second kappa shape index (κ2) is 7.06. The first-order valence-corrected chi connectivity index (χ1v) is 6.55. The maximum atomic E-state index is 5.60. The largest absolute Gasteiger partial charge is 0.497 e. The molecule has 0 bridgehead atoms. The highest BCUT2D eigenvalue weighted by molar-refractivity contribution is 14.1. The zero-order valence-corrected chi connectivity index (χ0v) is 11.4. The average Bonchev–Trinajstić information content (AvgIpc) is 2.29. The van der Waals surface area contributed by atoms with Gasteiger partial charge in [0.1, 0.15) is 5.75 Å². The Morgan fingerprint density at radius 3 is 2.47 bits per heavy atom. The van der Waals surface area contributed by atoms with Gasteiger partial charge in [0.2, 0.25) is 0 Å². The lowest BCUT2D eigenvalue weighted by Crippen LogP contribution is -2.06. The van der Waals surface area contributed by atoms with Crippen LogP contribution in [0.3, 0.4) is 0 Å². The first-order valence-electron chi connectivity index (χ1n) is 5.03. The van der Waals surface area contributed by atoms with E-state index in [-0.39, 0.29) is 0 Å². The van der Waals surface area contributed by atoms with Crippen LogP contribution in [0.5, 0.6) is 5.75 Å². The molecule has 0 aromatic heterocycles. The number of alkyl halides is 1. The van der Waals surface area contributed by atoms with Crippen LogP contribution in [0, 0.1) is 5.92 Å². The monoisotopic (exact) mass is 320 g/mol. The minimum Gasteiger partial charge on any atom is -0.497 e. The van der Waals surface area contributed by atoms with Crippen LogP contribution in [0.1, 0.15) is 12.5 Å². The van der Waals surface area contributed by atoms with Gasteiger partial charge in [-0.1, -0.05) is 41.6 Å². The molecule has 1 rings (SSSR count). The molecule has 84 valence electrons. The van der Waals surface area contributed by atoms with Crippen molar-refractivity contribution in [3.05, 3.63) is 29.8 Å². The molecule has 0 heterocycles. The SMILES string of the molecule is COc1ccc(COC[C@@H](C)CI)cc1. The van der Waals surface area contributed by atoms with Gasteiger partial charge in [-0.3, -0.25) is 0 Å². The molecule has 0 spiro atoms. The Hall–Kier alpha value is -0.290. The first kappa shape index (κ1) is 12.8. The number of hydrogen-bond acceptors (Lipinski definition) is 2. The third kappa shape index (κ3) is 4.84. The topological polar surface area (TPSA) is 18.5 Å². The van der Waals surface area contributed by atoms with Crippen molar-refractivity contribution >= 4 is 22.6 Å². The highest BCUT2D eigenvalue weighted by Crippen LogP contribution is 2.12. The van der Waals surface area contributed by atoms with E-state index in [1.807, 2.05) is 24.3 Å². The lowest BCUT2D eigenvalue weighted by molar-refractivity contribution is 0.0989. The molecule has 0 saturated heterocycles. The zero-order chi connectivity index (χ0) is 11.1. The predicted molar refractivity (Wildman–Crippen MR) is 70.7 cm³/mol. The second-order valence-electron chi connectivity index (χ2n) is 3.62. The van der Waals surface area contributed by atoms with E-state index in [1.165, 1.54) is 5.56 Å². The Morgan fingerprint density at radius 1 is 1.27 bits per heavy atom. The molecule has 0 N–H and O–H groups in total. The summed E-state index contributed by atoms with van der Waals surface area (Å²) in [6.07, 6.45) is 0. The Balaban J connectivity index is 2.31. The van der Waals surface area contributed by atoms with Crippen LogP contribution >= 0.6 is 22.6 Å². The van der Waals surface area contributed by atoms with Crippen molar-refractivity contribution < 1.29 is 9.47 Å². The van der Waals surface area contributed by atoms with Gasteiger partial charge in [0.25, 0.3) is 0 Å². The standard InChI is InChI=1S/C12H17IO2/c1-10(7-13)8-15-9-11-3-5-12(14-2)6-4-11/h3-6,10H,7-9H2,1-2H3/t10-/m0/s1. The Bertz CT molecular complexity index is 271. The van der Waals surface area contributed by atoms with Crippen LogP contribution in [0.15, 0.2) is 24.3 Å². The average molecular weight is 320 g/mol. The third-order valence-electron chi connectivity index (χ3n) is 2.09. The fourth-order valence-electron chi connectivity index (χ4n) is 1.14. The quantitative estimate of drug-likeness (QED) is 0.591. The molecule has 0 unspecified atom stereocenters. The van der Waals surface area contributed by atoms with Crippen molar-refractivity contribution in [3.63, 3.8) is 0 Å². The lowest BCUT2D eigenvalue weighted by Gasteiger charge is -2.09. The van der Waals surface area contributed by atoms with E-state index in [0.717, 1.165) is 16.8 Å². The van der Waals surface area contributed by atoms with Crippen molar-refractivity contribution in [3.8, 4) is 5.75 Å². The van der Waals surface area contributed by atoms with E-state index in [2.05, 4.69) is 29.5 Å². The third-order valence-corrected chi connectivity index (χ3v) is 3.60. The number of rotatable bonds is 6. The minimum absolute atomic E-state index is 0.629. The molecule has 2 nitrogen and oxygen atoms in total. The molecule has 0 aliphatic heterocycles. The van der Waals surface area contributed by atoms with Gasteiger partial charge in [0.05, 0.1) is 20.3 Å². The summed E-state index contributed by atoms with van der Waals surface area (Å²) in [5.74, 6) is 1.52. The Labute approximate surface area is 105 Å². The number of halogens is 1. The van der Waals surface area contributed by atoms with E-state index in [0.29, 0.717) is 12.5 Å². The molecule has 15 heavy (non-hydrogen) atoms. The van der Waals surface area contributed by atoms with E-state index in [1.54, 1.807) is 7.11 Å². The van der Waals surface area contributed by atoms with E-state index >= 15 is 0 Å². The van der Waals surface area contributed by atoms with Crippen molar-refractivity contribution in [2.45, 2.75) is 13.5 Å². The van der Waals surface area contributed by atoms with Crippen LogP contribution in [0.2, 0.25) is 0 Å². The van der Waals surface area contributed by atoms with Crippen LogP contribution in [0.4, 0.5) is 0 Å². The minimum atomic E-state index is 0.629. The Morgan fingerprint density at radius 2 is 1.93 bits per heavy atom. The van der Waals surface area contributed by atoms with Gasteiger partial charge in [-0.05, 0) is 23.6 Å². The van der Waals surface area contributed by atoms with E-state index in [9.17, 15) is 0 Å². The summed E-state index contributed by atoms with van der Waals surface area (Å²) in [6.45, 7) is 3.71. The highest BCUT2D eigenvalue weighted by atomic mass is 127. The molecule has 3 heteroatoms. The van der Waals surface area contributed by atoms with E-state index < -0.39 is 0 Å². The number of benzene rings is 1. The van der Waals surface area contributed by atoms with E-state index in [4.69, 9.17) is 9.47 Å². The summed E-state index contributed by atoms with van der Waals surface area (Å²) in [4.78, 5) is 0. The number of hydrogen-bond donors (Lipinski definition) is 0. The number of methoxy groups -OCH3 is 1. The van der Waals surface area contributed by atoms with Crippen molar-refractivity contribution in [2.24, 2.45) is 5.92 Å². The molecule has 0 radical (unpaired) electrons. The van der Waals surface area contributed by atoms with Crippen LogP contribution in [0.25, 0.3) is 0 Å². The summed E-state index contributed by atoms with van der Waals surface area (Å²) in [5, 5.41) is 0. The van der Waals surface area contributed by atoms with Crippen molar-refractivity contribution in [1.82, 2.24) is 0 Å². The fraction of sp³-hybridized carbons (Fsp3) is 0.500. The molecule has 0 amide bonds. The summed E-state index contributed by atoms with van der Waals surface area (Å²) >= 11 is 2.38. The molecule has 0 fully saturated rings. The maximum Gasteiger partial charge on any atom is 0.118 e. The summed E-state index contributed by atoms with van der Waals surface area (Å²) in [7, 11) is 1.67. The van der Waals surface area contributed by atoms with Crippen LogP contribution in [-0.2, 0) is 11.3 Å². The molecule has 1 aromatic rings. The zero-order valence-electron chi connectivity index (χ0n) is 9.20. The van der Waals surface area contributed by atoms with Gasteiger partial charge in [-0.15, -0.1) is 0 Å². The van der Waals surface area contributed by atoms with Crippen molar-refractivity contribution in [1.29, 1.82) is 0 Å². The summed E-state index contributed by atoms with van der Waals surface area (Å²) < 4.78 is 11.8. The maximum absolute atomic E-state index is 5.60. The van der Waals surface area contributed by atoms with Gasteiger partial charge in [0, 0.05) is 4.43 Å². The normalized spacial score (nSPS) is 12.5. The van der Waals surface area contributed by atoms with Gasteiger partial charge in [-0.25, -0.2) is 0 Å². The lowest BCUT2D eigenvalue weighted by atomic mass is 10.2. The molecule has 0 aliphatic rings. The summed E-state index contributed by atoms with van der Waals surface area (Å²) in [5.41, 5.74) is 1.19. The highest BCUT2D eigenvalue weighted by Gasteiger charge is 2.00.